The topological polar surface area (TPSA) is 39.9 Å². The number of aryl methyl sites for hydroxylation is 1. The molecule has 0 aromatic carbocycles. The van der Waals surface area contributed by atoms with Crippen molar-refractivity contribution in [3.05, 3.63) is 23.4 Å². The third kappa shape index (κ3) is 2.45. The quantitative estimate of drug-likeness (QED) is 0.833. The van der Waals surface area contributed by atoms with E-state index in [1.54, 1.807) is 0 Å². The smallest absolute Gasteiger partial charge is 0.129 e. The summed E-state index contributed by atoms with van der Waals surface area (Å²) in [5.74, 6) is 3.70. The molecule has 2 saturated carbocycles. The van der Waals surface area contributed by atoms with Crippen molar-refractivity contribution in [2.45, 2.75) is 32.6 Å². The second kappa shape index (κ2) is 4.85. The Morgan fingerprint density at radius 2 is 2.21 bits per heavy atom. The van der Waals surface area contributed by atoms with E-state index < -0.39 is 0 Å². The maximum absolute atomic E-state index is 9.04. The second-order valence-electron chi connectivity index (χ2n) is 6.28. The first-order valence-electron chi connectivity index (χ1n) is 7.25. The van der Waals surface area contributed by atoms with Crippen LogP contribution in [0, 0.1) is 36.0 Å². The molecule has 0 aliphatic heterocycles. The van der Waals surface area contributed by atoms with Gasteiger partial charge in [0.25, 0.3) is 0 Å². The molecule has 19 heavy (non-hydrogen) atoms. The van der Waals surface area contributed by atoms with E-state index in [4.69, 9.17) is 5.26 Å². The van der Waals surface area contributed by atoms with Gasteiger partial charge in [0.2, 0.25) is 0 Å². The molecule has 3 atom stereocenters. The van der Waals surface area contributed by atoms with Crippen LogP contribution in [0.5, 0.6) is 0 Å². The van der Waals surface area contributed by atoms with E-state index in [-0.39, 0.29) is 0 Å². The van der Waals surface area contributed by atoms with Gasteiger partial charge in [0.15, 0.2) is 0 Å². The summed E-state index contributed by atoms with van der Waals surface area (Å²) in [6.07, 6.45) is 5.72. The van der Waals surface area contributed by atoms with Crippen molar-refractivity contribution in [2.75, 3.05) is 18.5 Å². The van der Waals surface area contributed by atoms with Crippen LogP contribution in [-0.4, -0.2) is 18.6 Å². The summed E-state index contributed by atoms with van der Waals surface area (Å²) in [4.78, 5) is 6.80. The van der Waals surface area contributed by atoms with Crippen molar-refractivity contribution in [3.8, 4) is 6.07 Å². The fraction of sp³-hybridized carbons (Fsp3) is 0.625. The molecule has 100 valence electrons. The largest absolute Gasteiger partial charge is 0.359 e. The predicted molar refractivity (Wildman–Crippen MR) is 75.9 cm³/mol. The average Bonchev–Trinajstić information content (AvgIpc) is 3.00. The van der Waals surface area contributed by atoms with Gasteiger partial charge >= 0.3 is 0 Å². The van der Waals surface area contributed by atoms with Gasteiger partial charge in [-0.2, -0.15) is 5.26 Å². The SMILES string of the molecule is Cc1cc(C#N)cc(N(C)CC2CC3CCC2C3)n1. The van der Waals surface area contributed by atoms with Gasteiger partial charge in [-0.15, -0.1) is 0 Å². The molecule has 2 bridgehead atoms. The van der Waals surface area contributed by atoms with Crippen LogP contribution in [0.4, 0.5) is 5.82 Å². The first kappa shape index (κ1) is 12.5. The van der Waals surface area contributed by atoms with Gasteiger partial charge in [0, 0.05) is 19.3 Å². The highest BCUT2D eigenvalue weighted by Crippen LogP contribution is 2.48. The molecule has 0 N–H and O–H groups in total. The number of aromatic nitrogens is 1. The lowest BCUT2D eigenvalue weighted by Gasteiger charge is -2.28. The normalized spacial score (nSPS) is 28.4. The maximum atomic E-state index is 9.04. The van der Waals surface area contributed by atoms with Crippen LogP contribution in [0.2, 0.25) is 0 Å². The molecule has 1 aromatic heterocycles. The zero-order valence-electron chi connectivity index (χ0n) is 11.8. The summed E-state index contributed by atoms with van der Waals surface area (Å²) in [7, 11) is 2.11. The Bertz CT molecular complexity index is 517. The standard InChI is InChI=1S/C16H21N3/c1-11-5-13(9-17)8-16(18-11)19(2)10-15-7-12-3-4-14(15)6-12/h5,8,12,14-15H,3-4,6-7,10H2,1-2H3. The Morgan fingerprint density at radius 1 is 1.37 bits per heavy atom. The van der Waals surface area contributed by atoms with E-state index in [2.05, 4.69) is 23.0 Å². The first-order valence-corrected chi connectivity index (χ1v) is 7.25. The number of hydrogen-bond donors (Lipinski definition) is 0. The zero-order chi connectivity index (χ0) is 13.4. The molecule has 1 aromatic rings. The maximum Gasteiger partial charge on any atom is 0.129 e. The summed E-state index contributed by atoms with van der Waals surface area (Å²) in [5, 5.41) is 9.04. The van der Waals surface area contributed by atoms with Crippen molar-refractivity contribution >= 4 is 5.82 Å². The Balaban J connectivity index is 1.72. The molecule has 3 unspecified atom stereocenters. The second-order valence-corrected chi connectivity index (χ2v) is 6.28. The third-order valence-electron chi connectivity index (χ3n) is 4.85. The van der Waals surface area contributed by atoms with E-state index in [0.717, 1.165) is 35.8 Å². The molecule has 2 aliphatic carbocycles. The van der Waals surface area contributed by atoms with Gasteiger partial charge in [0.1, 0.15) is 5.82 Å². The third-order valence-corrected chi connectivity index (χ3v) is 4.85. The lowest BCUT2D eigenvalue weighted by Crippen LogP contribution is -2.29. The molecule has 0 amide bonds. The first-order chi connectivity index (χ1) is 9.15. The fourth-order valence-corrected chi connectivity index (χ4v) is 3.96. The summed E-state index contributed by atoms with van der Waals surface area (Å²) in [6.45, 7) is 3.04. The van der Waals surface area contributed by atoms with Crippen LogP contribution in [0.3, 0.4) is 0 Å². The highest BCUT2D eigenvalue weighted by atomic mass is 15.2. The summed E-state index contributed by atoms with van der Waals surface area (Å²) in [6, 6.07) is 5.96. The summed E-state index contributed by atoms with van der Waals surface area (Å²) in [5.41, 5.74) is 1.64. The number of nitriles is 1. The predicted octanol–water partition coefficient (Wildman–Crippen LogP) is 3.13. The lowest BCUT2D eigenvalue weighted by molar-refractivity contribution is 0.337. The van der Waals surface area contributed by atoms with E-state index in [0.29, 0.717) is 5.56 Å². The summed E-state index contributed by atoms with van der Waals surface area (Å²) >= 11 is 0. The Hall–Kier alpha value is -1.56. The van der Waals surface area contributed by atoms with Crippen LogP contribution in [0.15, 0.2) is 12.1 Å². The van der Waals surface area contributed by atoms with Gasteiger partial charge in [-0.05, 0) is 56.1 Å². The minimum absolute atomic E-state index is 0.710. The van der Waals surface area contributed by atoms with Crippen molar-refractivity contribution in [2.24, 2.45) is 17.8 Å². The van der Waals surface area contributed by atoms with Crippen molar-refractivity contribution in [1.29, 1.82) is 5.26 Å². The molecule has 3 rings (SSSR count). The van der Waals surface area contributed by atoms with E-state index >= 15 is 0 Å². The number of hydrogen-bond acceptors (Lipinski definition) is 3. The molecular weight excluding hydrogens is 234 g/mol. The van der Waals surface area contributed by atoms with Crippen molar-refractivity contribution < 1.29 is 0 Å². The van der Waals surface area contributed by atoms with E-state index in [1.165, 1.54) is 25.7 Å². The van der Waals surface area contributed by atoms with Crippen LogP contribution in [0.1, 0.15) is 36.9 Å². The molecule has 0 spiro atoms. The van der Waals surface area contributed by atoms with Gasteiger partial charge in [0.05, 0.1) is 11.6 Å². The number of fused-ring (bicyclic) bond motifs is 2. The highest BCUT2D eigenvalue weighted by molar-refractivity contribution is 5.46. The van der Waals surface area contributed by atoms with Crippen molar-refractivity contribution in [1.82, 2.24) is 4.98 Å². The molecule has 2 aliphatic rings. The Kier molecular flexibility index (Phi) is 3.18. The average molecular weight is 255 g/mol. The number of rotatable bonds is 3. The highest BCUT2D eigenvalue weighted by Gasteiger charge is 2.39. The molecular formula is C16H21N3. The lowest BCUT2D eigenvalue weighted by atomic mass is 9.88. The van der Waals surface area contributed by atoms with E-state index in [1.807, 2.05) is 19.1 Å². The Morgan fingerprint density at radius 3 is 2.84 bits per heavy atom. The van der Waals surface area contributed by atoms with Crippen LogP contribution >= 0.6 is 0 Å². The van der Waals surface area contributed by atoms with Crippen molar-refractivity contribution in [3.63, 3.8) is 0 Å². The molecule has 2 fully saturated rings. The minimum Gasteiger partial charge on any atom is -0.359 e. The molecule has 3 heteroatoms. The monoisotopic (exact) mass is 255 g/mol. The fourth-order valence-electron chi connectivity index (χ4n) is 3.96. The molecule has 0 radical (unpaired) electrons. The molecule has 0 saturated heterocycles. The number of pyridine rings is 1. The van der Waals surface area contributed by atoms with Crippen LogP contribution < -0.4 is 4.90 Å². The van der Waals surface area contributed by atoms with Crippen LogP contribution in [0.25, 0.3) is 0 Å². The number of anilines is 1. The number of nitrogens with zero attached hydrogens (tertiary/aromatic N) is 3. The minimum atomic E-state index is 0.710. The van der Waals surface area contributed by atoms with Gasteiger partial charge in [-0.25, -0.2) is 4.98 Å². The van der Waals surface area contributed by atoms with Gasteiger partial charge in [-0.3, -0.25) is 0 Å². The Labute approximate surface area is 115 Å². The molecule has 3 nitrogen and oxygen atoms in total. The van der Waals surface area contributed by atoms with Gasteiger partial charge < -0.3 is 4.90 Å². The molecule has 1 heterocycles. The van der Waals surface area contributed by atoms with Gasteiger partial charge in [-0.1, -0.05) is 6.42 Å². The van der Waals surface area contributed by atoms with E-state index in [9.17, 15) is 0 Å². The zero-order valence-corrected chi connectivity index (χ0v) is 11.8. The van der Waals surface area contributed by atoms with Crippen LogP contribution in [-0.2, 0) is 0 Å². The summed E-state index contributed by atoms with van der Waals surface area (Å²) < 4.78 is 0.